The SMILES string of the molecule is O=C(CCCNC(=O)c1ccc(F)cc1F)NCCCn1ccc2ccccc21. The van der Waals surface area contributed by atoms with E-state index in [0.717, 1.165) is 25.1 Å². The molecule has 1 heterocycles. The van der Waals surface area contributed by atoms with Crippen LogP contribution in [0.15, 0.2) is 54.7 Å². The van der Waals surface area contributed by atoms with Crippen molar-refractivity contribution in [3.05, 3.63) is 71.9 Å². The Labute approximate surface area is 167 Å². The minimum atomic E-state index is -0.907. The van der Waals surface area contributed by atoms with E-state index in [1.54, 1.807) is 0 Å². The molecule has 0 unspecified atom stereocenters. The minimum Gasteiger partial charge on any atom is -0.356 e. The van der Waals surface area contributed by atoms with Gasteiger partial charge in [-0.2, -0.15) is 0 Å². The summed E-state index contributed by atoms with van der Waals surface area (Å²) in [4.78, 5) is 23.8. The number of hydrogen-bond acceptors (Lipinski definition) is 2. The average molecular weight is 399 g/mol. The quantitative estimate of drug-likeness (QED) is 0.540. The van der Waals surface area contributed by atoms with Crippen LogP contribution in [0.4, 0.5) is 8.78 Å². The van der Waals surface area contributed by atoms with Crippen LogP contribution in [0.25, 0.3) is 10.9 Å². The van der Waals surface area contributed by atoms with Gasteiger partial charge in [0.1, 0.15) is 11.6 Å². The van der Waals surface area contributed by atoms with E-state index >= 15 is 0 Å². The molecular formula is C22H23F2N3O2. The predicted octanol–water partition coefficient (Wildman–Crippen LogP) is 3.64. The number of fused-ring (bicyclic) bond motifs is 1. The molecule has 0 spiro atoms. The molecule has 0 aliphatic heterocycles. The number of nitrogens with zero attached hydrogens (tertiary/aromatic N) is 1. The highest BCUT2D eigenvalue weighted by Gasteiger charge is 2.12. The standard InChI is InChI=1S/C22H23F2N3O2/c23-17-8-9-18(19(24)15-17)22(29)26-11-3-7-21(28)25-12-4-13-27-14-10-16-5-1-2-6-20(16)27/h1-2,5-6,8-10,14-15H,3-4,7,11-13H2,(H,25,28)(H,26,29). The lowest BCUT2D eigenvalue weighted by atomic mass is 10.2. The molecule has 5 nitrogen and oxygen atoms in total. The van der Waals surface area contributed by atoms with E-state index < -0.39 is 17.5 Å². The smallest absolute Gasteiger partial charge is 0.254 e. The first-order chi connectivity index (χ1) is 14.0. The van der Waals surface area contributed by atoms with Gasteiger partial charge >= 0.3 is 0 Å². The molecular weight excluding hydrogens is 376 g/mol. The van der Waals surface area contributed by atoms with Gasteiger partial charge in [-0.15, -0.1) is 0 Å². The van der Waals surface area contributed by atoms with Crippen LogP contribution < -0.4 is 10.6 Å². The second-order valence-corrected chi connectivity index (χ2v) is 6.76. The molecule has 0 saturated carbocycles. The maximum atomic E-state index is 13.5. The molecule has 1 aromatic heterocycles. The van der Waals surface area contributed by atoms with Crippen molar-refractivity contribution in [2.45, 2.75) is 25.8 Å². The molecule has 0 aliphatic carbocycles. The van der Waals surface area contributed by atoms with E-state index in [1.807, 2.05) is 18.3 Å². The Morgan fingerprint density at radius 1 is 0.931 bits per heavy atom. The molecule has 2 amide bonds. The normalized spacial score (nSPS) is 10.8. The van der Waals surface area contributed by atoms with Gasteiger partial charge in [-0.05, 0) is 42.5 Å². The van der Waals surface area contributed by atoms with E-state index in [1.165, 1.54) is 10.9 Å². The van der Waals surface area contributed by atoms with Crippen LogP contribution in [0.2, 0.25) is 0 Å². The number of amides is 2. The maximum Gasteiger partial charge on any atom is 0.254 e. The van der Waals surface area contributed by atoms with Gasteiger partial charge < -0.3 is 15.2 Å². The molecule has 0 saturated heterocycles. The largest absolute Gasteiger partial charge is 0.356 e. The Kier molecular flexibility index (Phi) is 6.94. The fraction of sp³-hybridized carbons (Fsp3) is 0.273. The maximum absolute atomic E-state index is 13.5. The average Bonchev–Trinajstić information content (AvgIpc) is 3.11. The number of para-hydroxylation sites is 1. The Morgan fingerprint density at radius 3 is 2.55 bits per heavy atom. The Morgan fingerprint density at radius 2 is 1.72 bits per heavy atom. The van der Waals surface area contributed by atoms with Crippen LogP contribution in [-0.2, 0) is 11.3 Å². The number of aryl methyl sites for hydroxylation is 1. The van der Waals surface area contributed by atoms with Crippen LogP contribution in [0.5, 0.6) is 0 Å². The number of carbonyl (C=O) groups excluding carboxylic acids is 2. The summed E-state index contributed by atoms with van der Waals surface area (Å²) < 4.78 is 28.6. The molecule has 152 valence electrons. The van der Waals surface area contributed by atoms with Gasteiger partial charge in [-0.1, -0.05) is 18.2 Å². The lowest BCUT2D eigenvalue weighted by Crippen LogP contribution is -2.28. The van der Waals surface area contributed by atoms with E-state index in [4.69, 9.17) is 0 Å². The Balaban J connectivity index is 1.30. The molecule has 2 aromatic carbocycles. The highest BCUT2D eigenvalue weighted by Crippen LogP contribution is 2.15. The van der Waals surface area contributed by atoms with E-state index in [0.29, 0.717) is 19.0 Å². The third-order valence-corrected chi connectivity index (χ3v) is 4.62. The van der Waals surface area contributed by atoms with E-state index in [2.05, 4.69) is 33.4 Å². The van der Waals surface area contributed by atoms with Gasteiger partial charge in [-0.25, -0.2) is 8.78 Å². The first-order valence-corrected chi connectivity index (χ1v) is 9.58. The van der Waals surface area contributed by atoms with Gasteiger partial charge in [0.15, 0.2) is 0 Å². The van der Waals surface area contributed by atoms with Crippen LogP contribution in [0.3, 0.4) is 0 Å². The van der Waals surface area contributed by atoms with E-state index in [9.17, 15) is 18.4 Å². The molecule has 7 heteroatoms. The third kappa shape index (κ3) is 5.63. The summed E-state index contributed by atoms with van der Waals surface area (Å²) in [5.41, 5.74) is 0.959. The molecule has 0 atom stereocenters. The van der Waals surface area contributed by atoms with Gasteiger partial charge in [0.25, 0.3) is 5.91 Å². The number of hydrogen-bond donors (Lipinski definition) is 2. The van der Waals surface area contributed by atoms with Gasteiger partial charge in [0, 0.05) is 43.8 Å². The fourth-order valence-corrected chi connectivity index (χ4v) is 3.12. The monoisotopic (exact) mass is 399 g/mol. The van der Waals surface area contributed by atoms with Crippen LogP contribution >= 0.6 is 0 Å². The van der Waals surface area contributed by atoms with Crippen molar-refractivity contribution in [1.29, 1.82) is 0 Å². The Hall–Kier alpha value is -3.22. The second kappa shape index (κ2) is 9.82. The highest BCUT2D eigenvalue weighted by atomic mass is 19.1. The lowest BCUT2D eigenvalue weighted by molar-refractivity contribution is -0.121. The highest BCUT2D eigenvalue weighted by molar-refractivity contribution is 5.94. The van der Waals surface area contributed by atoms with Crippen molar-refractivity contribution < 1.29 is 18.4 Å². The summed E-state index contributed by atoms with van der Waals surface area (Å²) in [5, 5.41) is 6.59. The zero-order valence-electron chi connectivity index (χ0n) is 16.0. The topological polar surface area (TPSA) is 63.1 Å². The third-order valence-electron chi connectivity index (χ3n) is 4.62. The minimum absolute atomic E-state index is 0.0930. The van der Waals surface area contributed by atoms with Crippen molar-refractivity contribution >= 4 is 22.7 Å². The molecule has 29 heavy (non-hydrogen) atoms. The summed E-state index contributed by atoms with van der Waals surface area (Å²) >= 11 is 0. The van der Waals surface area contributed by atoms with Gasteiger partial charge in [-0.3, -0.25) is 9.59 Å². The summed E-state index contributed by atoms with van der Waals surface area (Å²) in [6, 6.07) is 13.0. The van der Waals surface area contributed by atoms with Crippen molar-refractivity contribution in [3.63, 3.8) is 0 Å². The van der Waals surface area contributed by atoms with Crippen molar-refractivity contribution in [2.24, 2.45) is 0 Å². The number of carbonyl (C=O) groups is 2. The van der Waals surface area contributed by atoms with Gasteiger partial charge in [0.05, 0.1) is 5.56 Å². The summed E-state index contributed by atoms with van der Waals surface area (Å²) in [7, 11) is 0. The Bertz CT molecular complexity index is 1000. The summed E-state index contributed by atoms with van der Waals surface area (Å²) in [5.74, 6) is -2.36. The number of rotatable bonds is 9. The van der Waals surface area contributed by atoms with Crippen molar-refractivity contribution in [3.8, 4) is 0 Å². The second-order valence-electron chi connectivity index (χ2n) is 6.76. The lowest BCUT2D eigenvalue weighted by Gasteiger charge is -2.08. The molecule has 3 aromatic rings. The number of benzene rings is 2. The molecule has 3 rings (SSSR count). The number of halogens is 2. The summed E-state index contributed by atoms with van der Waals surface area (Å²) in [6.07, 6.45) is 3.55. The number of aromatic nitrogens is 1. The predicted molar refractivity (Wildman–Crippen MR) is 107 cm³/mol. The molecule has 2 N–H and O–H groups in total. The zero-order chi connectivity index (χ0) is 20.6. The summed E-state index contributed by atoms with van der Waals surface area (Å²) in [6.45, 7) is 1.62. The number of nitrogens with one attached hydrogen (secondary N) is 2. The molecule has 0 radical (unpaired) electrons. The van der Waals surface area contributed by atoms with E-state index in [-0.39, 0.29) is 24.4 Å². The van der Waals surface area contributed by atoms with Gasteiger partial charge in [0.2, 0.25) is 5.91 Å². The first kappa shape index (κ1) is 20.5. The van der Waals surface area contributed by atoms with Crippen LogP contribution in [-0.4, -0.2) is 29.5 Å². The van der Waals surface area contributed by atoms with Crippen molar-refractivity contribution in [1.82, 2.24) is 15.2 Å². The first-order valence-electron chi connectivity index (χ1n) is 9.58. The molecule has 0 bridgehead atoms. The fourth-order valence-electron chi connectivity index (χ4n) is 3.12. The molecule has 0 aliphatic rings. The van der Waals surface area contributed by atoms with Crippen LogP contribution in [0.1, 0.15) is 29.6 Å². The zero-order valence-corrected chi connectivity index (χ0v) is 16.0. The van der Waals surface area contributed by atoms with Crippen molar-refractivity contribution in [2.75, 3.05) is 13.1 Å². The van der Waals surface area contributed by atoms with Crippen LogP contribution in [0, 0.1) is 11.6 Å². The molecule has 0 fully saturated rings.